The molecule has 0 atom stereocenters. The highest BCUT2D eigenvalue weighted by atomic mass is 79.9. The second-order valence-corrected chi connectivity index (χ2v) is 6.54. The molecule has 0 spiro atoms. The molecule has 0 bridgehead atoms. The third kappa shape index (κ3) is 3.78. The van der Waals surface area contributed by atoms with Crippen LogP contribution in [-0.2, 0) is 13.1 Å². The van der Waals surface area contributed by atoms with Gasteiger partial charge in [0.15, 0.2) is 11.5 Å². The summed E-state index contributed by atoms with van der Waals surface area (Å²) < 4.78 is 13.3. The van der Waals surface area contributed by atoms with Crippen LogP contribution in [0.3, 0.4) is 0 Å². The van der Waals surface area contributed by atoms with E-state index in [1.54, 1.807) is 0 Å². The molecule has 0 saturated carbocycles. The predicted octanol–water partition coefficient (Wildman–Crippen LogP) is 4.27. The molecule has 110 valence electrons. The molecule has 1 heterocycles. The monoisotopic (exact) mass is 411 g/mol. The van der Waals surface area contributed by atoms with Crippen molar-refractivity contribution in [2.24, 2.45) is 0 Å². The normalized spacial score (nSPS) is 13.2. The summed E-state index contributed by atoms with van der Waals surface area (Å²) in [5, 5.41) is 3.44. The van der Waals surface area contributed by atoms with E-state index in [0.717, 1.165) is 33.5 Å². The lowest BCUT2D eigenvalue weighted by molar-refractivity contribution is 0.171. The Labute approximate surface area is 140 Å². The first-order chi connectivity index (χ1) is 10.2. The van der Waals surface area contributed by atoms with Crippen LogP contribution < -0.4 is 14.8 Å². The third-order valence-corrected chi connectivity index (χ3v) is 5.13. The number of nitrogens with one attached hydrogen (secondary N) is 1. The van der Waals surface area contributed by atoms with Crippen molar-refractivity contribution in [3.8, 4) is 11.5 Å². The highest BCUT2D eigenvalue weighted by Crippen LogP contribution is 2.30. The van der Waals surface area contributed by atoms with Crippen LogP contribution in [0.5, 0.6) is 11.5 Å². The van der Waals surface area contributed by atoms with E-state index in [-0.39, 0.29) is 0 Å². The molecular formula is C16H15Br2NO2. The minimum atomic E-state index is 0.622. The number of ether oxygens (including phenoxy) is 2. The number of hydrogen-bond acceptors (Lipinski definition) is 3. The van der Waals surface area contributed by atoms with Gasteiger partial charge in [-0.25, -0.2) is 0 Å². The Hall–Kier alpha value is -1.04. The fourth-order valence-electron chi connectivity index (χ4n) is 2.20. The average molecular weight is 413 g/mol. The zero-order valence-electron chi connectivity index (χ0n) is 11.4. The molecule has 1 aliphatic rings. The standard InChI is InChI=1S/C16H15Br2NO2/c17-13-3-1-11(7-14(13)18)9-19-10-12-2-4-15-16(8-12)21-6-5-20-15/h1-4,7-8,19H,5-6,9-10H2. The minimum Gasteiger partial charge on any atom is -0.486 e. The topological polar surface area (TPSA) is 30.5 Å². The molecule has 0 radical (unpaired) electrons. The largest absolute Gasteiger partial charge is 0.486 e. The van der Waals surface area contributed by atoms with Gasteiger partial charge in [0.25, 0.3) is 0 Å². The van der Waals surface area contributed by atoms with E-state index in [0.29, 0.717) is 13.2 Å². The molecule has 0 aromatic heterocycles. The second kappa shape index (κ2) is 6.81. The third-order valence-electron chi connectivity index (χ3n) is 3.25. The fraction of sp³-hybridized carbons (Fsp3) is 0.250. The zero-order valence-corrected chi connectivity index (χ0v) is 14.5. The van der Waals surface area contributed by atoms with Crippen LogP contribution in [0.1, 0.15) is 11.1 Å². The van der Waals surface area contributed by atoms with Crippen molar-refractivity contribution in [1.82, 2.24) is 5.32 Å². The maximum absolute atomic E-state index is 5.59. The SMILES string of the molecule is Brc1ccc(CNCc2ccc3c(c2)OCCO3)cc1Br. The average Bonchev–Trinajstić information content (AvgIpc) is 2.51. The summed E-state index contributed by atoms with van der Waals surface area (Å²) in [6, 6.07) is 12.3. The van der Waals surface area contributed by atoms with Gasteiger partial charge in [0.2, 0.25) is 0 Å². The lowest BCUT2D eigenvalue weighted by Crippen LogP contribution is -2.16. The summed E-state index contributed by atoms with van der Waals surface area (Å²) in [7, 11) is 0. The van der Waals surface area contributed by atoms with Crippen LogP contribution in [0.4, 0.5) is 0 Å². The highest BCUT2D eigenvalue weighted by Gasteiger charge is 2.11. The Balaban J connectivity index is 1.58. The van der Waals surface area contributed by atoms with E-state index in [1.165, 1.54) is 11.1 Å². The summed E-state index contributed by atoms with van der Waals surface area (Å²) in [5.74, 6) is 1.67. The smallest absolute Gasteiger partial charge is 0.161 e. The Morgan fingerprint density at radius 3 is 2.24 bits per heavy atom. The molecular weight excluding hydrogens is 398 g/mol. The lowest BCUT2D eigenvalue weighted by atomic mass is 10.2. The van der Waals surface area contributed by atoms with Crippen molar-refractivity contribution in [3.63, 3.8) is 0 Å². The molecule has 1 aliphatic heterocycles. The van der Waals surface area contributed by atoms with Crippen molar-refractivity contribution in [2.45, 2.75) is 13.1 Å². The molecule has 1 N–H and O–H groups in total. The minimum absolute atomic E-state index is 0.622. The van der Waals surface area contributed by atoms with Crippen LogP contribution in [-0.4, -0.2) is 13.2 Å². The molecule has 0 aliphatic carbocycles. The quantitative estimate of drug-likeness (QED) is 0.813. The number of fused-ring (bicyclic) bond motifs is 1. The van der Waals surface area contributed by atoms with Crippen LogP contribution in [0.25, 0.3) is 0 Å². The molecule has 21 heavy (non-hydrogen) atoms. The molecule has 0 fully saturated rings. The van der Waals surface area contributed by atoms with E-state index in [1.807, 2.05) is 18.2 Å². The Morgan fingerprint density at radius 1 is 0.810 bits per heavy atom. The van der Waals surface area contributed by atoms with Gasteiger partial charge in [-0.3, -0.25) is 0 Å². The van der Waals surface area contributed by atoms with Crippen molar-refractivity contribution in [3.05, 3.63) is 56.5 Å². The first-order valence-electron chi connectivity index (χ1n) is 6.75. The zero-order chi connectivity index (χ0) is 14.7. The summed E-state index contributed by atoms with van der Waals surface area (Å²) in [6.07, 6.45) is 0. The molecule has 3 rings (SSSR count). The van der Waals surface area contributed by atoms with E-state index in [2.05, 4.69) is 55.4 Å². The van der Waals surface area contributed by atoms with E-state index < -0.39 is 0 Å². The molecule has 0 unspecified atom stereocenters. The van der Waals surface area contributed by atoms with Crippen LogP contribution in [0, 0.1) is 0 Å². The Bertz CT molecular complexity index is 646. The number of benzene rings is 2. The summed E-state index contributed by atoms with van der Waals surface area (Å²) >= 11 is 7.00. The van der Waals surface area contributed by atoms with Gasteiger partial charge in [-0.15, -0.1) is 0 Å². The van der Waals surface area contributed by atoms with Gasteiger partial charge in [0, 0.05) is 22.0 Å². The highest BCUT2D eigenvalue weighted by molar-refractivity contribution is 9.13. The maximum Gasteiger partial charge on any atom is 0.161 e. The Kier molecular flexibility index (Phi) is 4.83. The van der Waals surface area contributed by atoms with Crippen molar-refractivity contribution in [2.75, 3.05) is 13.2 Å². The molecule has 3 nitrogen and oxygen atoms in total. The predicted molar refractivity (Wildman–Crippen MR) is 89.8 cm³/mol. The van der Waals surface area contributed by atoms with Gasteiger partial charge in [-0.2, -0.15) is 0 Å². The maximum atomic E-state index is 5.59. The van der Waals surface area contributed by atoms with Crippen LogP contribution >= 0.6 is 31.9 Å². The summed E-state index contributed by atoms with van der Waals surface area (Å²) in [5.41, 5.74) is 2.43. The molecule has 0 saturated heterocycles. The van der Waals surface area contributed by atoms with Crippen LogP contribution in [0.2, 0.25) is 0 Å². The number of hydrogen-bond donors (Lipinski definition) is 1. The number of halogens is 2. The van der Waals surface area contributed by atoms with Crippen molar-refractivity contribution < 1.29 is 9.47 Å². The van der Waals surface area contributed by atoms with Gasteiger partial charge in [0.1, 0.15) is 13.2 Å². The van der Waals surface area contributed by atoms with Gasteiger partial charge in [-0.1, -0.05) is 12.1 Å². The van der Waals surface area contributed by atoms with Crippen molar-refractivity contribution in [1.29, 1.82) is 0 Å². The Morgan fingerprint density at radius 2 is 1.48 bits per heavy atom. The van der Waals surface area contributed by atoms with Crippen LogP contribution in [0.15, 0.2) is 45.3 Å². The van der Waals surface area contributed by atoms with E-state index in [9.17, 15) is 0 Å². The van der Waals surface area contributed by atoms with Gasteiger partial charge in [-0.05, 0) is 67.3 Å². The number of rotatable bonds is 4. The summed E-state index contributed by atoms with van der Waals surface area (Å²) in [4.78, 5) is 0. The fourth-order valence-corrected chi connectivity index (χ4v) is 2.87. The van der Waals surface area contributed by atoms with Gasteiger partial charge < -0.3 is 14.8 Å². The lowest BCUT2D eigenvalue weighted by Gasteiger charge is -2.19. The van der Waals surface area contributed by atoms with E-state index in [4.69, 9.17) is 9.47 Å². The second-order valence-electron chi connectivity index (χ2n) is 4.83. The van der Waals surface area contributed by atoms with Gasteiger partial charge >= 0.3 is 0 Å². The van der Waals surface area contributed by atoms with Crippen molar-refractivity contribution >= 4 is 31.9 Å². The summed E-state index contributed by atoms with van der Waals surface area (Å²) in [6.45, 7) is 2.87. The van der Waals surface area contributed by atoms with E-state index >= 15 is 0 Å². The van der Waals surface area contributed by atoms with Gasteiger partial charge in [0.05, 0.1) is 0 Å². The molecule has 2 aromatic carbocycles. The molecule has 2 aromatic rings. The first kappa shape index (κ1) is 14.9. The molecule has 5 heteroatoms. The molecule has 0 amide bonds. The first-order valence-corrected chi connectivity index (χ1v) is 8.34.